The summed E-state index contributed by atoms with van der Waals surface area (Å²) in [6.07, 6.45) is 2.31. The van der Waals surface area contributed by atoms with Gasteiger partial charge in [0.1, 0.15) is 11.6 Å². The Hall–Kier alpha value is -1.46. The third kappa shape index (κ3) is 3.07. The first-order chi connectivity index (χ1) is 11.7. The molecule has 0 N–H and O–H groups in total. The second kappa shape index (κ2) is 6.45. The zero-order chi connectivity index (χ0) is 16.7. The summed E-state index contributed by atoms with van der Waals surface area (Å²) in [6, 6.07) is 11.1. The Morgan fingerprint density at radius 1 is 1.04 bits per heavy atom. The van der Waals surface area contributed by atoms with Gasteiger partial charge in [0, 0.05) is 32.1 Å². The Kier molecular flexibility index (Phi) is 4.31. The van der Waals surface area contributed by atoms with Gasteiger partial charge < -0.3 is 0 Å². The first-order valence-corrected chi connectivity index (χ1v) is 9.71. The first kappa shape index (κ1) is 16.0. The minimum atomic E-state index is -0.273. The number of benzene rings is 2. The van der Waals surface area contributed by atoms with Crippen molar-refractivity contribution in [1.82, 2.24) is 4.98 Å². The highest BCUT2D eigenvalue weighted by Gasteiger charge is 2.29. The van der Waals surface area contributed by atoms with Crippen molar-refractivity contribution in [2.75, 3.05) is 0 Å². The largest absolute Gasteiger partial charge is 0.252 e. The van der Waals surface area contributed by atoms with Crippen LogP contribution in [0.4, 0.5) is 8.78 Å². The lowest BCUT2D eigenvalue weighted by atomic mass is 10.1. The normalized spacial score (nSPS) is 14.3. The number of hydrogen-bond acceptors (Lipinski definition) is 2. The fraction of sp³-hybridized carbons (Fsp3) is 0.211. The summed E-state index contributed by atoms with van der Waals surface area (Å²) in [5.74, 6) is -0.0334. The minimum absolute atomic E-state index is 0.260. The number of rotatable bonds is 4. The molecule has 1 fully saturated rings. The lowest BCUT2D eigenvalue weighted by molar-refractivity contribution is 0.626. The molecule has 1 aliphatic carbocycles. The molecule has 1 aromatic heterocycles. The maximum absolute atomic E-state index is 13.8. The molecule has 3 aromatic rings. The van der Waals surface area contributed by atoms with E-state index in [0.717, 1.165) is 44.8 Å². The molecule has 0 bridgehead atoms. The Bertz CT molecular complexity index is 907. The predicted molar refractivity (Wildman–Crippen MR) is 96.8 cm³/mol. The Morgan fingerprint density at radius 3 is 2.42 bits per heavy atom. The van der Waals surface area contributed by atoms with Crippen LogP contribution in [0.3, 0.4) is 0 Å². The second-order valence-electron chi connectivity index (χ2n) is 5.93. The zero-order valence-corrected chi connectivity index (χ0v) is 15.1. The van der Waals surface area contributed by atoms with Crippen LogP contribution in [0, 0.1) is 11.6 Å². The van der Waals surface area contributed by atoms with Crippen LogP contribution in [0.15, 0.2) is 52.3 Å². The standard InChI is InChI=1S/C19H14BrF2NS/c20-10-16-18(11-1-2-11)23-17-8-5-13(22)9-15(17)19(16)24-14-6-3-12(21)4-7-14/h3-9,11H,1-2,10H2. The van der Waals surface area contributed by atoms with Crippen molar-refractivity contribution in [2.45, 2.75) is 33.9 Å². The van der Waals surface area contributed by atoms with E-state index < -0.39 is 0 Å². The number of nitrogens with zero attached hydrogens (tertiary/aromatic N) is 1. The van der Waals surface area contributed by atoms with Crippen molar-refractivity contribution in [3.8, 4) is 0 Å². The number of aromatic nitrogens is 1. The summed E-state index contributed by atoms with van der Waals surface area (Å²) in [5.41, 5.74) is 3.04. The molecular formula is C19H14BrF2NS. The Balaban J connectivity index is 1.92. The number of alkyl halides is 1. The van der Waals surface area contributed by atoms with Gasteiger partial charge in [0.25, 0.3) is 0 Å². The maximum atomic E-state index is 13.8. The van der Waals surface area contributed by atoms with E-state index in [1.54, 1.807) is 30.0 Å². The fourth-order valence-corrected chi connectivity index (χ4v) is 4.66. The summed E-state index contributed by atoms with van der Waals surface area (Å²) in [7, 11) is 0. The smallest absolute Gasteiger partial charge is 0.124 e. The van der Waals surface area contributed by atoms with Crippen molar-refractivity contribution in [3.63, 3.8) is 0 Å². The minimum Gasteiger partial charge on any atom is -0.252 e. The second-order valence-corrected chi connectivity index (χ2v) is 7.57. The zero-order valence-electron chi connectivity index (χ0n) is 12.7. The van der Waals surface area contributed by atoms with Gasteiger partial charge in [0.05, 0.1) is 5.52 Å². The summed E-state index contributed by atoms with van der Waals surface area (Å²) < 4.78 is 27.0. The van der Waals surface area contributed by atoms with E-state index in [-0.39, 0.29) is 11.6 Å². The van der Waals surface area contributed by atoms with E-state index in [0.29, 0.717) is 11.2 Å². The van der Waals surface area contributed by atoms with E-state index in [1.807, 2.05) is 0 Å². The molecule has 1 heterocycles. The molecule has 0 saturated heterocycles. The van der Waals surface area contributed by atoms with Crippen LogP contribution < -0.4 is 0 Å². The van der Waals surface area contributed by atoms with Crippen LogP contribution in [0.2, 0.25) is 0 Å². The van der Waals surface area contributed by atoms with Gasteiger partial charge in [0.2, 0.25) is 0 Å². The van der Waals surface area contributed by atoms with Gasteiger partial charge in [-0.2, -0.15) is 0 Å². The summed E-state index contributed by atoms with van der Waals surface area (Å²) in [6.45, 7) is 0. The van der Waals surface area contributed by atoms with Gasteiger partial charge in [-0.3, -0.25) is 4.98 Å². The molecule has 5 heteroatoms. The number of fused-ring (bicyclic) bond motifs is 1. The first-order valence-electron chi connectivity index (χ1n) is 7.77. The average molecular weight is 406 g/mol. The van der Waals surface area contributed by atoms with E-state index in [1.165, 1.54) is 24.3 Å². The molecule has 1 nitrogen and oxygen atoms in total. The predicted octanol–water partition coefficient (Wildman–Crippen LogP) is 6.44. The molecule has 0 unspecified atom stereocenters. The third-order valence-corrected chi connectivity index (χ3v) is 5.90. The molecule has 24 heavy (non-hydrogen) atoms. The summed E-state index contributed by atoms with van der Waals surface area (Å²) in [4.78, 5) is 6.73. The van der Waals surface area contributed by atoms with Crippen LogP contribution in [-0.2, 0) is 5.33 Å². The van der Waals surface area contributed by atoms with E-state index in [4.69, 9.17) is 4.98 Å². The highest BCUT2D eigenvalue weighted by molar-refractivity contribution is 9.08. The van der Waals surface area contributed by atoms with Gasteiger partial charge in [-0.1, -0.05) is 27.7 Å². The van der Waals surface area contributed by atoms with Crippen LogP contribution in [0.5, 0.6) is 0 Å². The molecule has 0 aliphatic heterocycles. The average Bonchev–Trinajstić information content (AvgIpc) is 3.41. The van der Waals surface area contributed by atoms with Crippen molar-refractivity contribution in [1.29, 1.82) is 0 Å². The van der Waals surface area contributed by atoms with Crippen molar-refractivity contribution in [3.05, 3.63) is 65.4 Å². The lowest BCUT2D eigenvalue weighted by Gasteiger charge is -2.15. The van der Waals surface area contributed by atoms with Crippen LogP contribution in [0.1, 0.15) is 30.0 Å². The molecule has 0 atom stereocenters. The highest BCUT2D eigenvalue weighted by atomic mass is 79.9. The van der Waals surface area contributed by atoms with Crippen molar-refractivity contribution >= 4 is 38.6 Å². The SMILES string of the molecule is Fc1ccc(Sc2c(CBr)c(C3CC3)nc3ccc(F)cc23)cc1. The van der Waals surface area contributed by atoms with Gasteiger partial charge in [-0.05, 0) is 60.9 Å². The van der Waals surface area contributed by atoms with Crippen molar-refractivity contribution in [2.24, 2.45) is 0 Å². The van der Waals surface area contributed by atoms with Gasteiger partial charge >= 0.3 is 0 Å². The number of halogens is 3. The van der Waals surface area contributed by atoms with Gasteiger partial charge in [-0.25, -0.2) is 8.78 Å². The third-order valence-electron chi connectivity index (χ3n) is 4.16. The van der Waals surface area contributed by atoms with Gasteiger partial charge in [-0.15, -0.1) is 0 Å². The summed E-state index contributed by atoms with van der Waals surface area (Å²) in [5, 5.41) is 1.48. The van der Waals surface area contributed by atoms with Crippen LogP contribution in [-0.4, -0.2) is 4.98 Å². The molecule has 2 aromatic carbocycles. The monoisotopic (exact) mass is 405 g/mol. The molecular weight excluding hydrogens is 392 g/mol. The molecule has 0 spiro atoms. The molecule has 1 aliphatic rings. The Morgan fingerprint density at radius 2 is 1.75 bits per heavy atom. The highest BCUT2D eigenvalue weighted by Crippen LogP contribution is 2.46. The Labute approximate surface area is 151 Å². The number of pyridine rings is 1. The molecule has 4 rings (SSSR count). The molecule has 0 amide bonds. The number of hydrogen-bond donors (Lipinski definition) is 0. The molecule has 0 radical (unpaired) electrons. The van der Waals surface area contributed by atoms with Crippen LogP contribution >= 0.6 is 27.7 Å². The molecule has 122 valence electrons. The van der Waals surface area contributed by atoms with Crippen LogP contribution in [0.25, 0.3) is 10.9 Å². The summed E-state index contributed by atoms with van der Waals surface area (Å²) >= 11 is 5.12. The van der Waals surface area contributed by atoms with E-state index in [9.17, 15) is 8.78 Å². The van der Waals surface area contributed by atoms with Gasteiger partial charge in [0.15, 0.2) is 0 Å². The van der Waals surface area contributed by atoms with Crippen molar-refractivity contribution < 1.29 is 8.78 Å². The van der Waals surface area contributed by atoms with E-state index in [2.05, 4.69) is 15.9 Å². The molecule has 1 saturated carbocycles. The quantitative estimate of drug-likeness (QED) is 0.463. The maximum Gasteiger partial charge on any atom is 0.124 e. The lowest BCUT2D eigenvalue weighted by Crippen LogP contribution is -1.99. The van der Waals surface area contributed by atoms with E-state index >= 15 is 0 Å². The fourth-order valence-electron chi connectivity index (χ4n) is 2.82. The topological polar surface area (TPSA) is 12.9 Å².